The van der Waals surface area contributed by atoms with Gasteiger partial charge in [-0.3, -0.25) is 0 Å². The van der Waals surface area contributed by atoms with Gasteiger partial charge in [0.05, 0.1) is 0 Å². The lowest BCUT2D eigenvalue weighted by Gasteiger charge is -2.61. The summed E-state index contributed by atoms with van der Waals surface area (Å²) >= 11 is 0. The lowest BCUT2D eigenvalue weighted by molar-refractivity contribution is -0.308. The van der Waals surface area contributed by atoms with Crippen molar-refractivity contribution in [1.29, 1.82) is 0 Å². The molecule has 31 heavy (non-hydrogen) atoms. The summed E-state index contributed by atoms with van der Waals surface area (Å²) in [5.41, 5.74) is 2.34. The van der Waals surface area contributed by atoms with E-state index in [0.717, 1.165) is 24.2 Å². The topological polar surface area (TPSA) is 40.1 Å². The van der Waals surface area contributed by atoms with Crippen LogP contribution in [0.2, 0.25) is 0 Å². The van der Waals surface area contributed by atoms with E-state index in [4.69, 9.17) is 0 Å². The fourth-order valence-corrected chi connectivity index (χ4v) is 9.34. The average molecular weight is 428 g/mol. The van der Waals surface area contributed by atoms with Crippen molar-refractivity contribution in [3.63, 3.8) is 0 Å². The van der Waals surface area contributed by atoms with Gasteiger partial charge in [-0.2, -0.15) is 0 Å². The SMILES string of the molecule is CC(C)CCC[C@@H](C)[C@H]1CC[C@H]2[C@@H]3[C@@H](CC(=O)[O-])CC4=CCCC[C@]4(C)[C@H]3CC[C@]12C. The summed E-state index contributed by atoms with van der Waals surface area (Å²) in [6, 6.07) is 0. The van der Waals surface area contributed by atoms with Crippen LogP contribution in [-0.2, 0) is 4.79 Å². The minimum Gasteiger partial charge on any atom is -0.550 e. The number of carboxylic acid groups (broad SMARTS) is 1. The minimum atomic E-state index is -0.826. The number of carboxylic acids is 1. The summed E-state index contributed by atoms with van der Waals surface area (Å²) in [5.74, 6) is 3.89. The Morgan fingerprint density at radius 1 is 1.10 bits per heavy atom. The number of carbonyl (C=O) groups excluding carboxylic acids is 1. The molecule has 2 heteroatoms. The average Bonchev–Trinajstić information content (AvgIpc) is 3.04. The number of carbonyl (C=O) groups is 1. The first-order valence-corrected chi connectivity index (χ1v) is 13.6. The molecule has 2 nitrogen and oxygen atoms in total. The second kappa shape index (κ2) is 8.86. The van der Waals surface area contributed by atoms with Crippen molar-refractivity contribution >= 4 is 5.97 Å². The molecule has 3 saturated carbocycles. The molecule has 0 saturated heterocycles. The summed E-state index contributed by atoms with van der Waals surface area (Å²) in [4.78, 5) is 11.8. The lowest BCUT2D eigenvalue weighted by atomic mass is 9.44. The number of hydrogen-bond acceptors (Lipinski definition) is 2. The quantitative estimate of drug-likeness (QED) is 0.420. The van der Waals surface area contributed by atoms with Crippen molar-refractivity contribution in [1.82, 2.24) is 0 Å². The van der Waals surface area contributed by atoms with Gasteiger partial charge < -0.3 is 9.90 Å². The van der Waals surface area contributed by atoms with Crippen LogP contribution in [0.25, 0.3) is 0 Å². The number of rotatable bonds is 7. The van der Waals surface area contributed by atoms with E-state index in [1.807, 2.05) is 0 Å². The van der Waals surface area contributed by atoms with Crippen LogP contribution >= 0.6 is 0 Å². The van der Waals surface area contributed by atoms with Gasteiger partial charge in [-0.15, -0.1) is 0 Å². The van der Waals surface area contributed by atoms with Crippen molar-refractivity contribution < 1.29 is 9.90 Å². The van der Waals surface area contributed by atoms with Crippen LogP contribution in [-0.4, -0.2) is 5.97 Å². The van der Waals surface area contributed by atoms with Crippen molar-refractivity contribution in [2.45, 2.75) is 112 Å². The molecule has 4 rings (SSSR count). The molecule has 4 aliphatic carbocycles. The van der Waals surface area contributed by atoms with Gasteiger partial charge in [-0.1, -0.05) is 65.5 Å². The zero-order chi connectivity index (χ0) is 22.4. The molecular weight excluding hydrogens is 380 g/mol. The van der Waals surface area contributed by atoms with E-state index in [0.29, 0.717) is 34.5 Å². The molecular formula is C29H47O2-. The molecule has 0 radical (unpaired) electrons. The molecule has 0 N–H and O–H groups in total. The number of hydrogen-bond donors (Lipinski definition) is 0. The highest BCUT2D eigenvalue weighted by Crippen LogP contribution is 2.69. The molecule has 176 valence electrons. The molecule has 0 aromatic heterocycles. The Morgan fingerprint density at radius 2 is 1.87 bits per heavy atom. The van der Waals surface area contributed by atoms with E-state index >= 15 is 0 Å². The maximum atomic E-state index is 11.8. The Hall–Kier alpha value is -0.790. The molecule has 0 amide bonds. The Balaban J connectivity index is 1.58. The Labute approximate surface area is 191 Å². The number of fused-ring (bicyclic) bond motifs is 5. The minimum absolute atomic E-state index is 0.274. The molecule has 3 fully saturated rings. The predicted octanol–water partition coefficient (Wildman–Crippen LogP) is 6.78. The summed E-state index contributed by atoms with van der Waals surface area (Å²) in [5, 5.41) is 11.8. The fourth-order valence-electron chi connectivity index (χ4n) is 9.34. The molecule has 0 spiro atoms. The number of aliphatic carboxylic acids is 1. The zero-order valence-corrected chi connectivity index (χ0v) is 20.9. The summed E-state index contributed by atoms with van der Waals surface area (Å²) in [6.07, 6.45) is 17.0. The molecule has 8 atom stereocenters. The van der Waals surface area contributed by atoms with Crippen LogP contribution in [0.1, 0.15) is 112 Å². The highest BCUT2D eigenvalue weighted by Gasteiger charge is 2.61. The largest absolute Gasteiger partial charge is 0.550 e. The highest BCUT2D eigenvalue weighted by atomic mass is 16.4. The van der Waals surface area contributed by atoms with Gasteiger partial charge in [0.25, 0.3) is 0 Å². The van der Waals surface area contributed by atoms with Crippen LogP contribution in [0.5, 0.6) is 0 Å². The van der Waals surface area contributed by atoms with Crippen molar-refractivity contribution in [2.75, 3.05) is 0 Å². The first-order valence-electron chi connectivity index (χ1n) is 13.6. The van der Waals surface area contributed by atoms with E-state index < -0.39 is 5.97 Å². The van der Waals surface area contributed by atoms with Crippen molar-refractivity contribution in [3.8, 4) is 0 Å². The monoisotopic (exact) mass is 427 g/mol. The van der Waals surface area contributed by atoms with Gasteiger partial charge in [-0.25, -0.2) is 0 Å². The first kappa shape index (κ1) is 23.4. The Bertz CT molecular complexity index is 693. The van der Waals surface area contributed by atoms with Crippen LogP contribution in [0.3, 0.4) is 0 Å². The molecule has 0 heterocycles. The standard InChI is InChI=1S/C29H48O2/c1-19(2)9-8-10-20(3)23-12-13-24-27-21(18-26(30)31)17-22-11-6-7-15-28(22,4)25(27)14-16-29(23,24)5/h11,19-21,23-25,27H,6-10,12-18H2,1-5H3,(H,30,31)/p-1/t20-,21-,23-,24+,25+,27+,28+,29-/m1/s1. The van der Waals surface area contributed by atoms with Crippen LogP contribution < -0.4 is 5.11 Å². The molecule has 0 bridgehead atoms. The van der Waals surface area contributed by atoms with E-state index in [1.165, 1.54) is 64.2 Å². The smallest absolute Gasteiger partial charge is 0.0417 e. The van der Waals surface area contributed by atoms with Crippen LogP contribution in [0.15, 0.2) is 11.6 Å². The molecule has 0 aromatic rings. The maximum Gasteiger partial charge on any atom is 0.0417 e. The van der Waals surface area contributed by atoms with Crippen LogP contribution in [0, 0.1) is 52.3 Å². The first-order chi connectivity index (χ1) is 14.7. The third-order valence-electron chi connectivity index (χ3n) is 10.8. The Kier molecular flexibility index (Phi) is 6.68. The van der Waals surface area contributed by atoms with Gasteiger partial charge in [0.15, 0.2) is 0 Å². The maximum absolute atomic E-state index is 11.8. The van der Waals surface area contributed by atoms with Gasteiger partial charge in [0.2, 0.25) is 0 Å². The fraction of sp³-hybridized carbons (Fsp3) is 0.897. The molecule has 0 aromatic carbocycles. The summed E-state index contributed by atoms with van der Waals surface area (Å²) in [6.45, 7) is 12.3. The molecule has 4 aliphatic rings. The normalized spacial score (nSPS) is 43.0. The van der Waals surface area contributed by atoms with E-state index in [-0.39, 0.29) is 6.42 Å². The van der Waals surface area contributed by atoms with Crippen LogP contribution in [0.4, 0.5) is 0 Å². The Morgan fingerprint density at radius 3 is 2.58 bits per heavy atom. The third-order valence-corrected chi connectivity index (χ3v) is 10.8. The van der Waals surface area contributed by atoms with E-state index in [9.17, 15) is 9.90 Å². The van der Waals surface area contributed by atoms with E-state index in [1.54, 1.807) is 5.57 Å². The highest BCUT2D eigenvalue weighted by molar-refractivity contribution is 5.64. The predicted molar refractivity (Wildman–Crippen MR) is 126 cm³/mol. The van der Waals surface area contributed by atoms with Crippen molar-refractivity contribution in [2.24, 2.45) is 52.3 Å². The van der Waals surface area contributed by atoms with Crippen molar-refractivity contribution in [3.05, 3.63) is 11.6 Å². The number of allylic oxidation sites excluding steroid dienone is 2. The second-order valence-electron chi connectivity index (χ2n) is 12.9. The van der Waals surface area contributed by atoms with Gasteiger partial charge in [0, 0.05) is 5.97 Å². The van der Waals surface area contributed by atoms with E-state index in [2.05, 4.69) is 40.7 Å². The zero-order valence-electron chi connectivity index (χ0n) is 20.9. The molecule has 0 aliphatic heterocycles. The summed E-state index contributed by atoms with van der Waals surface area (Å²) < 4.78 is 0. The lowest BCUT2D eigenvalue weighted by Crippen LogP contribution is -2.54. The molecule has 0 unspecified atom stereocenters. The third kappa shape index (κ3) is 4.15. The van der Waals surface area contributed by atoms with Gasteiger partial charge >= 0.3 is 0 Å². The van der Waals surface area contributed by atoms with Gasteiger partial charge in [0.1, 0.15) is 0 Å². The summed E-state index contributed by atoms with van der Waals surface area (Å²) in [7, 11) is 0. The van der Waals surface area contributed by atoms with Gasteiger partial charge in [-0.05, 0) is 110 Å². The second-order valence-corrected chi connectivity index (χ2v) is 12.9.